The van der Waals surface area contributed by atoms with E-state index in [-0.39, 0.29) is 5.41 Å². The second-order valence-electron chi connectivity index (χ2n) is 4.38. The summed E-state index contributed by atoms with van der Waals surface area (Å²) in [6.45, 7) is 8.18. The molecule has 0 rings (SSSR count). The van der Waals surface area contributed by atoms with Gasteiger partial charge in [0, 0.05) is 5.41 Å². The Morgan fingerprint density at radius 3 is 2.53 bits per heavy atom. The van der Waals surface area contributed by atoms with Gasteiger partial charge in [-0.05, 0) is 12.8 Å². The average molecular weight is 217 g/mol. The molecule has 1 amide bonds. The minimum Gasteiger partial charge on any atom is -0.450 e. The normalized spacial score (nSPS) is 13.4. The highest BCUT2D eigenvalue weighted by Crippen LogP contribution is 2.22. The zero-order valence-corrected chi connectivity index (χ0v) is 10.2. The van der Waals surface area contributed by atoms with E-state index < -0.39 is 12.3 Å². The summed E-state index contributed by atoms with van der Waals surface area (Å²) < 4.78 is 4.88. The van der Waals surface area contributed by atoms with Gasteiger partial charge in [-0.2, -0.15) is 0 Å². The van der Waals surface area contributed by atoms with Gasteiger partial charge in [0.1, 0.15) is 6.23 Å². The first kappa shape index (κ1) is 14.2. The number of aliphatic hydroxyl groups excluding tert-OH is 1. The van der Waals surface area contributed by atoms with E-state index in [0.717, 1.165) is 19.3 Å². The van der Waals surface area contributed by atoms with Gasteiger partial charge in [0.2, 0.25) is 0 Å². The number of rotatable bonds is 6. The van der Waals surface area contributed by atoms with E-state index in [4.69, 9.17) is 4.74 Å². The molecule has 4 heteroatoms. The topological polar surface area (TPSA) is 58.6 Å². The van der Waals surface area contributed by atoms with Crippen LogP contribution in [0, 0.1) is 5.41 Å². The van der Waals surface area contributed by atoms with Crippen molar-refractivity contribution < 1.29 is 14.6 Å². The van der Waals surface area contributed by atoms with Crippen molar-refractivity contribution in [3.8, 4) is 0 Å². The maximum absolute atomic E-state index is 11.2. The molecule has 15 heavy (non-hydrogen) atoms. The molecule has 4 nitrogen and oxygen atoms in total. The predicted molar refractivity (Wildman–Crippen MR) is 59.5 cm³/mol. The summed E-state index contributed by atoms with van der Waals surface area (Å²) in [4.78, 5) is 11.2. The summed E-state index contributed by atoms with van der Waals surface area (Å²) in [6, 6.07) is 0. The summed E-state index contributed by atoms with van der Waals surface area (Å²) in [5.41, 5.74) is -0.330. The SMILES string of the molecule is CCCCOC(=O)NC(O)C(C)(C)CC. The number of carbonyl (C=O) groups is 1. The van der Waals surface area contributed by atoms with Gasteiger partial charge in [-0.3, -0.25) is 5.32 Å². The fourth-order valence-electron chi connectivity index (χ4n) is 0.851. The number of hydrogen-bond donors (Lipinski definition) is 2. The number of nitrogens with one attached hydrogen (secondary N) is 1. The molecule has 0 saturated heterocycles. The minimum absolute atomic E-state index is 0.330. The third-order valence-corrected chi connectivity index (χ3v) is 2.64. The van der Waals surface area contributed by atoms with E-state index in [2.05, 4.69) is 5.32 Å². The Balaban J connectivity index is 3.86. The maximum Gasteiger partial charge on any atom is 0.409 e. The van der Waals surface area contributed by atoms with Crippen molar-refractivity contribution in [1.29, 1.82) is 0 Å². The van der Waals surface area contributed by atoms with Crippen LogP contribution in [0.25, 0.3) is 0 Å². The standard InChI is InChI=1S/C11H23NO3/c1-5-7-8-15-10(14)12-9(13)11(3,4)6-2/h9,13H,5-8H2,1-4H3,(H,12,14). The highest BCUT2D eigenvalue weighted by molar-refractivity contribution is 5.67. The third kappa shape index (κ3) is 5.62. The lowest BCUT2D eigenvalue weighted by atomic mass is 9.88. The van der Waals surface area contributed by atoms with Crippen LogP contribution in [0.2, 0.25) is 0 Å². The van der Waals surface area contributed by atoms with Crippen LogP contribution in [0.4, 0.5) is 4.79 Å². The van der Waals surface area contributed by atoms with Gasteiger partial charge in [-0.1, -0.05) is 34.1 Å². The Morgan fingerprint density at radius 2 is 2.07 bits per heavy atom. The van der Waals surface area contributed by atoms with Crippen LogP contribution in [0.15, 0.2) is 0 Å². The summed E-state index contributed by atoms with van der Waals surface area (Å²) in [7, 11) is 0. The first-order valence-electron chi connectivity index (χ1n) is 5.55. The molecule has 0 aliphatic carbocycles. The van der Waals surface area contributed by atoms with Crippen LogP contribution in [-0.2, 0) is 4.74 Å². The summed E-state index contributed by atoms with van der Waals surface area (Å²) in [6.07, 6.45) is 1.20. The molecule has 0 aromatic heterocycles. The van der Waals surface area contributed by atoms with Gasteiger partial charge in [0.05, 0.1) is 6.61 Å². The summed E-state index contributed by atoms with van der Waals surface area (Å²) in [5, 5.41) is 12.1. The molecule has 0 bridgehead atoms. The minimum atomic E-state index is -0.864. The molecule has 0 aliphatic rings. The molecule has 0 spiro atoms. The molecule has 90 valence electrons. The van der Waals surface area contributed by atoms with Gasteiger partial charge >= 0.3 is 6.09 Å². The van der Waals surface area contributed by atoms with Crippen molar-refractivity contribution in [3.05, 3.63) is 0 Å². The molecule has 0 heterocycles. The second-order valence-corrected chi connectivity index (χ2v) is 4.38. The molecule has 0 radical (unpaired) electrons. The van der Waals surface area contributed by atoms with Crippen molar-refractivity contribution in [3.63, 3.8) is 0 Å². The van der Waals surface area contributed by atoms with E-state index in [1.165, 1.54) is 0 Å². The first-order chi connectivity index (χ1) is 6.94. The molecule has 1 atom stereocenters. The smallest absolute Gasteiger partial charge is 0.409 e. The monoisotopic (exact) mass is 217 g/mol. The molecule has 0 aromatic rings. The number of alkyl carbamates (subject to hydrolysis) is 1. The number of carbonyl (C=O) groups excluding carboxylic acids is 1. The lowest BCUT2D eigenvalue weighted by Gasteiger charge is -2.29. The molecule has 0 fully saturated rings. The first-order valence-corrected chi connectivity index (χ1v) is 5.55. The van der Waals surface area contributed by atoms with Crippen LogP contribution in [-0.4, -0.2) is 24.0 Å². The van der Waals surface area contributed by atoms with Crippen molar-refractivity contribution in [1.82, 2.24) is 5.32 Å². The van der Waals surface area contributed by atoms with Gasteiger partial charge in [-0.15, -0.1) is 0 Å². The lowest BCUT2D eigenvalue weighted by Crippen LogP contribution is -2.44. The van der Waals surface area contributed by atoms with Crippen LogP contribution in [0.1, 0.15) is 47.0 Å². The molecule has 0 aromatic carbocycles. The van der Waals surface area contributed by atoms with Crippen LogP contribution in [0.5, 0.6) is 0 Å². The second kappa shape index (κ2) is 6.67. The van der Waals surface area contributed by atoms with E-state index >= 15 is 0 Å². The van der Waals surface area contributed by atoms with Crippen LogP contribution in [0.3, 0.4) is 0 Å². The number of ether oxygens (including phenoxy) is 1. The van der Waals surface area contributed by atoms with E-state index in [1.807, 2.05) is 27.7 Å². The molecule has 0 saturated carbocycles. The zero-order valence-electron chi connectivity index (χ0n) is 10.2. The lowest BCUT2D eigenvalue weighted by molar-refractivity contribution is 0.0162. The highest BCUT2D eigenvalue weighted by atomic mass is 16.6. The molecule has 0 aliphatic heterocycles. The molecule has 2 N–H and O–H groups in total. The Hall–Kier alpha value is -0.770. The highest BCUT2D eigenvalue weighted by Gasteiger charge is 2.27. The quantitative estimate of drug-likeness (QED) is 0.530. The van der Waals surface area contributed by atoms with Gasteiger partial charge in [-0.25, -0.2) is 4.79 Å². The third-order valence-electron chi connectivity index (χ3n) is 2.64. The zero-order chi connectivity index (χ0) is 11.9. The predicted octanol–water partition coefficient (Wildman–Crippen LogP) is 2.27. The van der Waals surface area contributed by atoms with Crippen molar-refractivity contribution in [2.45, 2.75) is 53.2 Å². The number of aliphatic hydroxyl groups is 1. The van der Waals surface area contributed by atoms with Crippen LogP contribution >= 0.6 is 0 Å². The molecular formula is C11H23NO3. The number of amides is 1. The number of unbranched alkanes of at least 4 members (excludes halogenated alkanes) is 1. The van der Waals surface area contributed by atoms with Crippen molar-refractivity contribution in [2.24, 2.45) is 5.41 Å². The Labute approximate surface area is 92.0 Å². The van der Waals surface area contributed by atoms with Crippen LogP contribution < -0.4 is 5.32 Å². The summed E-state index contributed by atoms with van der Waals surface area (Å²) in [5.74, 6) is 0. The number of hydrogen-bond acceptors (Lipinski definition) is 3. The van der Waals surface area contributed by atoms with Gasteiger partial charge in [0.25, 0.3) is 0 Å². The molecular weight excluding hydrogens is 194 g/mol. The van der Waals surface area contributed by atoms with Crippen molar-refractivity contribution >= 4 is 6.09 Å². The Morgan fingerprint density at radius 1 is 1.47 bits per heavy atom. The average Bonchev–Trinajstić information content (AvgIpc) is 2.18. The van der Waals surface area contributed by atoms with E-state index in [1.54, 1.807) is 0 Å². The van der Waals surface area contributed by atoms with Gasteiger partial charge < -0.3 is 9.84 Å². The fraction of sp³-hybridized carbons (Fsp3) is 0.909. The Kier molecular flexibility index (Phi) is 6.32. The fourth-order valence-corrected chi connectivity index (χ4v) is 0.851. The van der Waals surface area contributed by atoms with Crippen molar-refractivity contribution in [2.75, 3.05) is 6.61 Å². The Bertz CT molecular complexity index is 192. The summed E-state index contributed by atoms with van der Waals surface area (Å²) >= 11 is 0. The largest absolute Gasteiger partial charge is 0.450 e. The maximum atomic E-state index is 11.2. The molecule has 1 unspecified atom stereocenters. The van der Waals surface area contributed by atoms with E-state index in [0.29, 0.717) is 6.61 Å². The van der Waals surface area contributed by atoms with Gasteiger partial charge in [0.15, 0.2) is 0 Å². The van der Waals surface area contributed by atoms with E-state index in [9.17, 15) is 9.90 Å².